The van der Waals surface area contributed by atoms with E-state index in [1.807, 2.05) is 13.0 Å². The predicted molar refractivity (Wildman–Crippen MR) is 72.6 cm³/mol. The van der Waals surface area contributed by atoms with E-state index in [0.717, 1.165) is 5.69 Å². The molecular formula is C13H17N3O5. The number of hydrogen-bond donors (Lipinski definition) is 3. The maximum absolute atomic E-state index is 11.9. The summed E-state index contributed by atoms with van der Waals surface area (Å²) in [7, 11) is 1.47. The summed E-state index contributed by atoms with van der Waals surface area (Å²) in [6, 6.07) is 3.21. The van der Waals surface area contributed by atoms with Crippen LogP contribution in [0.3, 0.4) is 0 Å². The Labute approximate surface area is 121 Å². The highest BCUT2D eigenvalue weighted by molar-refractivity contribution is 5.86. The van der Waals surface area contributed by atoms with Gasteiger partial charge in [0.2, 0.25) is 0 Å². The van der Waals surface area contributed by atoms with Crippen molar-refractivity contribution in [2.45, 2.75) is 25.9 Å². The Kier molecular flexibility index (Phi) is 5.65. The van der Waals surface area contributed by atoms with Crippen LogP contribution in [0.25, 0.3) is 0 Å². The molecule has 0 aliphatic carbocycles. The summed E-state index contributed by atoms with van der Waals surface area (Å²) in [5.74, 6) is -2.70. The van der Waals surface area contributed by atoms with Crippen molar-refractivity contribution in [3.05, 3.63) is 29.6 Å². The maximum Gasteiger partial charge on any atom is 0.326 e. The Morgan fingerprint density at radius 3 is 2.52 bits per heavy atom. The number of rotatable bonds is 6. The third-order valence-corrected chi connectivity index (χ3v) is 2.67. The van der Waals surface area contributed by atoms with Crippen LogP contribution in [0.2, 0.25) is 0 Å². The molecule has 21 heavy (non-hydrogen) atoms. The van der Waals surface area contributed by atoms with Crippen LogP contribution in [0.5, 0.6) is 0 Å². The fourth-order valence-corrected chi connectivity index (χ4v) is 1.64. The highest BCUT2D eigenvalue weighted by Crippen LogP contribution is 2.03. The molecule has 8 heteroatoms. The first-order valence-corrected chi connectivity index (χ1v) is 6.18. The van der Waals surface area contributed by atoms with E-state index < -0.39 is 30.4 Å². The quantitative estimate of drug-likeness (QED) is 0.701. The van der Waals surface area contributed by atoms with Crippen LogP contribution < -0.4 is 5.32 Å². The molecule has 0 saturated carbocycles. The van der Waals surface area contributed by atoms with Gasteiger partial charge in [-0.15, -0.1) is 0 Å². The van der Waals surface area contributed by atoms with Crippen LogP contribution in [0.1, 0.15) is 17.8 Å². The molecule has 0 fully saturated rings. The van der Waals surface area contributed by atoms with Gasteiger partial charge in [0.25, 0.3) is 0 Å². The smallest absolute Gasteiger partial charge is 0.326 e. The van der Waals surface area contributed by atoms with E-state index in [1.54, 1.807) is 12.1 Å². The molecule has 3 N–H and O–H groups in total. The lowest BCUT2D eigenvalue weighted by molar-refractivity contribution is -0.145. The molecule has 2 amide bonds. The van der Waals surface area contributed by atoms with Gasteiger partial charge in [-0.25, -0.2) is 9.59 Å². The summed E-state index contributed by atoms with van der Waals surface area (Å²) in [4.78, 5) is 38.8. The molecule has 1 aromatic rings. The van der Waals surface area contributed by atoms with Crippen LogP contribution in [-0.2, 0) is 16.1 Å². The number of carboxylic acids is 2. The average molecular weight is 295 g/mol. The van der Waals surface area contributed by atoms with Crippen molar-refractivity contribution in [3.63, 3.8) is 0 Å². The molecule has 0 radical (unpaired) electrons. The number of carbonyl (C=O) groups is 3. The van der Waals surface area contributed by atoms with E-state index in [1.165, 1.54) is 11.9 Å². The van der Waals surface area contributed by atoms with Crippen molar-refractivity contribution in [3.8, 4) is 0 Å². The molecule has 0 bridgehead atoms. The first kappa shape index (κ1) is 16.4. The number of nitrogens with zero attached hydrogens (tertiary/aromatic N) is 2. The van der Waals surface area contributed by atoms with Crippen LogP contribution in [-0.4, -0.2) is 51.2 Å². The molecule has 8 nitrogen and oxygen atoms in total. The van der Waals surface area contributed by atoms with E-state index in [9.17, 15) is 14.4 Å². The zero-order chi connectivity index (χ0) is 16.0. The number of pyridine rings is 1. The summed E-state index contributed by atoms with van der Waals surface area (Å²) < 4.78 is 0. The molecule has 1 rings (SSSR count). The molecule has 1 heterocycles. The summed E-state index contributed by atoms with van der Waals surface area (Å²) in [5, 5.41) is 19.6. The third-order valence-electron chi connectivity index (χ3n) is 2.67. The topological polar surface area (TPSA) is 120 Å². The lowest BCUT2D eigenvalue weighted by Crippen LogP contribution is -2.47. The van der Waals surface area contributed by atoms with Crippen molar-refractivity contribution in [1.29, 1.82) is 0 Å². The molecule has 0 unspecified atom stereocenters. The number of nitrogens with one attached hydrogen (secondary N) is 1. The molecule has 0 aliphatic heterocycles. The van der Waals surface area contributed by atoms with Gasteiger partial charge >= 0.3 is 18.0 Å². The molecule has 1 aromatic heterocycles. The van der Waals surface area contributed by atoms with E-state index in [4.69, 9.17) is 10.2 Å². The minimum Gasteiger partial charge on any atom is -0.481 e. The molecule has 114 valence electrons. The van der Waals surface area contributed by atoms with Gasteiger partial charge in [0.1, 0.15) is 6.04 Å². The number of carbonyl (C=O) groups excluding carboxylic acids is 1. The summed E-state index contributed by atoms with van der Waals surface area (Å²) >= 11 is 0. The standard InChI is InChI=1S/C13H17N3O5/c1-8-4-3-5-9(14-8)7-16(2)13(21)15-10(12(19)20)6-11(17)18/h3-5,10H,6-7H2,1-2H3,(H,15,21)(H,17,18)(H,19,20)/t10-/m0/s1. The normalized spacial score (nSPS) is 11.5. The number of carboxylic acid groups (broad SMARTS) is 2. The van der Waals surface area contributed by atoms with Crippen LogP contribution in [0.15, 0.2) is 18.2 Å². The van der Waals surface area contributed by atoms with Crippen molar-refractivity contribution in [2.24, 2.45) is 0 Å². The van der Waals surface area contributed by atoms with Crippen LogP contribution in [0.4, 0.5) is 4.79 Å². The molecule has 0 spiro atoms. The lowest BCUT2D eigenvalue weighted by atomic mass is 10.2. The summed E-state index contributed by atoms with van der Waals surface area (Å²) in [6.45, 7) is 2.00. The monoisotopic (exact) mass is 295 g/mol. The number of urea groups is 1. The Morgan fingerprint density at radius 2 is 2.00 bits per heavy atom. The van der Waals surface area contributed by atoms with Gasteiger partial charge < -0.3 is 20.4 Å². The second kappa shape index (κ2) is 7.22. The van der Waals surface area contributed by atoms with Gasteiger partial charge in [0, 0.05) is 12.7 Å². The van der Waals surface area contributed by atoms with E-state index in [0.29, 0.717) is 5.69 Å². The third kappa shape index (κ3) is 5.47. The van der Waals surface area contributed by atoms with E-state index >= 15 is 0 Å². The second-order valence-corrected chi connectivity index (χ2v) is 4.56. The van der Waals surface area contributed by atoms with Crippen LogP contribution in [0, 0.1) is 6.92 Å². The molecule has 1 atom stereocenters. The zero-order valence-corrected chi connectivity index (χ0v) is 11.7. The maximum atomic E-state index is 11.9. The highest BCUT2D eigenvalue weighted by Gasteiger charge is 2.24. The fourth-order valence-electron chi connectivity index (χ4n) is 1.64. The van der Waals surface area contributed by atoms with Crippen LogP contribution >= 0.6 is 0 Å². The molecule has 0 aromatic carbocycles. The number of aryl methyl sites for hydroxylation is 1. The Morgan fingerprint density at radius 1 is 1.33 bits per heavy atom. The number of amides is 2. The van der Waals surface area contributed by atoms with Gasteiger partial charge in [-0.3, -0.25) is 9.78 Å². The van der Waals surface area contributed by atoms with Gasteiger partial charge in [0.15, 0.2) is 0 Å². The number of aliphatic carboxylic acids is 2. The Bertz CT molecular complexity index is 546. The summed E-state index contributed by atoms with van der Waals surface area (Å²) in [5.41, 5.74) is 1.45. The Balaban J connectivity index is 2.64. The van der Waals surface area contributed by atoms with Crippen molar-refractivity contribution >= 4 is 18.0 Å². The van der Waals surface area contributed by atoms with Gasteiger partial charge in [-0.1, -0.05) is 6.07 Å². The molecule has 0 aliphatic rings. The SMILES string of the molecule is Cc1cccc(CN(C)C(=O)N[C@@H](CC(=O)O)C(=O)O)n1. The summed E-state index contributed by atoms with van der Waals surface area (Å²) in [6.07, 6.45) is -0.683. The highest BCUT2D eigenvalue weighted by atomic mass is 16.4. The fraction of sp³-hybridized carbons (Fsp3) is 0.385. The van der Waals surface area contributed by atoms with E-state index in [2.05, 4.69) is 10.3 Å². The average Bonchev–Trinajstić information content (AvgIpc) is 2.37. The first-order valence-electron chi connectivity index (χ1n) is 6.18. The van der Waals surface area contributed by atoms with Crippen molar-refractivity contribution < 1.29 is 24.6 Å². The first-order chi connectivity index (χ1) is 9.79. The van der Waals surface area contributed by atoms with Gasteiger partial charge in [0.05, 0.1) is 18.7 Å². The second-order valence-electron chi connectivity index (χ2n) is 4.56. The van der Waals surface area contributed by atoms with Gasteiger partial charge in [-0.05, 0) is 19.1 Å². The minimum absolute atomic E-state index is 0.187. The zero-order valence-electron chi connectivity index (χ0n) is 11.7. The minimum atomic E-state index is -1.47. The van der Waals surface area contributed by atoms with Crippen molar-refractivity contribution in [2.75, 3.05) is 7.05 Å². The number of hydrogen-bond acceptors (Lipinski definition) is 4. The van der Waals surface area contributed by atoms with Gasteiger partial charge in [-0.2, -0.15) is 0 Å². The lowest BCUT2D eigenvalue weighted by Gasteiger charge is -2.20. The van der Waals surface area contributed by atoms with E-state index in [-0.39, 0.29) is 6.54 Å². The van der Waals surface area contributed by atoms with Crippen molar-refractivity contribution in [1.82, 2.24) is 15.2 Å². The predicted octanol–water partition coefficient (Wildman–Crippen LogP) is 0.459. The Hall–Kier alpha value is -2.64. The molecular weight excluding hydrogens is 278 g/mol. The number of aromatic nitrogens is 1. The largest absolute Gasteiger partial charge is 0.481 e. The molecule has 0 saturated heterocycles.